The van der Waals surface area contributed by atoms with E-state index in [0.29, 0.717) is 6.42 Å². The van der Waals surface area contributed by atoms with E-state index in [1.807, 2.05) is 24.3 Å². The minimum absolute atomic E-state index is 0.143. The Morgan fingerprint density at radius 2 is 1.93 bits per heavy atom. The van der Waals surface area contributed by atoms with Gasteiger partial charge >= 0.3 is 0 Å². The van der Waals surface area contributed by atoms with E-state index in [4.69, 9.17) is 9.84 Å². The highest BCUT2D eigenvalue weighted by molar-refractivity contribution is 5.87. The summed E-state index contributed by atoms with van der Waals surface area (Å²) in [5.74, 6) is 0.850. The maximum Gasteiger partial charge on any atom is 0.122 e. The van der Waals surface area contributed by atoms with Crippen molar-refractivity contribution >= 4 is 10.8 Å². The predicted molar refractivity (Wildman–Crippen MR) is 61.3 cm³/mol. The van der Waals surface area contributed by atoms with E-state index in [2.05, 4.69) is 12.1 Å². The van der Waals surface area contributed by atoms with Gasteiger partial charge < -0.3 is 9.84 Å². The van der Waals surface area contributed by atoms with E-state index in [1.165, 1.54) is 5.39 Å². The van der Waals surface area contributed by atoms with Gasteiger partial charge in [0, 0.05) is 12.2 Å². The van der Waals surface area contributed by atoms with Gasteiger partial charge in [0.1, 0.15) is 5.75 Å². The molecule has 0 saturated heterocycles. The van der Waals surface area contributed by atoms with Crippen LogP contribution in [0.2, 0.25) is 0 Å². The lowest BCUT2D eigenvalue weighted by Crippen LogP contribution is -1.96. The van der Waals surface area contributed by atoms with Crippen LogP contribution in [0.1, 0.15) is 5.56 Å². The van der Waals surface area contributed by atoms with Gasteiger partial charge in [-0.25, -0.2) is 0 Å². The minimum Gasteiger partial charge on any atom is -0.496 e. The molecule has 2 aromatic carbocycles. The third-order valence-corrected chi connectivity index (χ3v) is 2.58. The summed E-state index contributed by atoms with van der Waals surface area (Å²) in [7, 11) is 1.66. The molecule has 0 unspecified atom stereocenters. The fourth-order valence-electron chi connectivity index (χ4n) is 1.88. The zero-order chi connectivity index (χ0) is 10.7. The molecule has 0 aliphatic carbocycles. The number of rotatable bonds is 3. The Hall–Kier alpha value is -1.54. The molecule has 0 bridgehead atoms. The van der Waals surface area contributed by atoms with Crippen LogP contribution in [-0.2, 0) is 6.42 Å². The molecule has 0 spiro atoms. The maximum atomic E-state index is 9.04. The third-order valence-electron chi connectivity index (χ3n) is 2.58. The van der Waals surface area contributed by atoms with E-state index >= 15 is 0 Å². The average molecular weight is 202 g/mol. The molecule has 2 nitrogen and oxygen atoms in total. The van der Waals surface area contributed by atoms with Gasteiger partial charge in [0.25, 0.3) is 0 Å². The number of ether oxygens (including phenoxy) is 1. The lowest BCUT2D eigenvalue weighted by Gasteiger charge is -2.10. The number of hydrogen-bond acceptors (Lipinski definition) is 2. The molecule has 2 heteroatoms. The summed E-state index contributed by atoms with van der Waals surface area (Å²) in [6.07, 6.45) is 0.629. The largest absolute Gasteiger partial charge is 0.496 e. The topological polar surface area (TPSA) is 29.5 Å². The minimum atomic E-state index is 0.143. The third kappa shape index (κ3) is 1.81. The number of aliphatic hydroxyl groups excluding tert-OH is 1. The fraction of sp³-hybridized carbons (Fsp3) is 0.231. The molecule has 78 valence electrons. The van der Waals surface area contributed by atoms with Gasteiger partial charge in [-0.2, -0.15) is 0 Å². The zero-order valence-corrected chi connectivity index (χ0v) is 8.73. The summed E-state index contributed by atoms with van der Waals surface area (Å²) >= 11 is 0. The van der Waals surface area contributed by atoms with Crippen molar-refractivity contribution in [2.24, 2.45) is 0 Å². The van der Waals surface area contributed by atoms with Crippen LogP contribution in [0.3, 0.4) is 0 Å². The van der Waals surface area contributed by atoms with E-state index < -0.39 is 0 Å². The van der Waals surface area contributed by atoms with Gasteiger partial charge in [-0.1, -0.05) is 30.3 Å². The van der Waals surface area contributed by atoms with Crippen LogP contribution in [0.4, 0.5) is 0 Å². The highest BCUT2D eigenvalue weighted by atomic mass is 16.5. The molecule has 0 fully saturated rings. The molecule has 0 saturated carbocycles. The van der Waals surface area contributed by atoms with Crippen molar-refractivity contribution in [3.63, 3.8) is 0 Å². The summed E-state index contributed by atoms with van der Waals surface area (Å²) in [6, 6.07) is 12.1. The Morgan fingerprint density at radius 1 is 1.13 bits per heavy atom. The highest BCUT2D eigenvalue weighted by Crippen LogP contribution is 2.27. The van der Waals surface area contributed by atoms with Crippen LogP contribution in [0.25, 0.3) is 10.8 Å². The fourth-order valence-corrected chi connectivity index (χ4v) is 1.88. The summed E-state index contributed by atoms with van der Waals surface area (Å²) in [6.45, 7) is 0.143. The van der Waals surface area contributed by atoms with E-state index in [9.17, 15) is 0 Å². The number of benzene rings is 2. The second-order valence-corrected chi connectivity index (χ2v) is 3.44. The number of methoxy groups -OCH3 is 1. The average Bonchev–Trinajstić information content (AvgIpc) is 2.30. The summed E-state index contributed by atoms with van der Waals surface area (Å²) in [4.78, 5) is 0. The SMILES string of the molecule is COc1ccc2ccccc2c1CCO. The second kappa shape index (κ2) is 4.32. The lowest BCUT2D eigenvalue weighted by molar-refractivity contribution is 0.297. The van der Waals surface area contributed by atoms with Crippen molar-refractivity contribution in [1.82, 2.24) is 0 Å². The molecule has 0 amide bonds. The van der Waals surface area contributed by atoms with E-state index in [1.54, 1.807) is 7.11 Å². The number of fused-ring (bicyclic) bond motifs is 1. The molecule has 0 aromatic heterocycles. The molecular formula is C13H14O2. The van der Waals surface area contributed by atoms with Crippen LogP contribution in [0, 0.1) is 0 Å². The van der Waals surface area contributed by atoms with Crippen LogP contribution >= 0.6 is 0 Å². The van der Waals surface area contributed by atoms with Crippen molar-refractivity contribution in [1.29, 1.82) is 0 Å². The first-order chi connectivity index (χ1) is 7.36. The summed E-state index contributed by atoms with van der Waals surface area (Å²) in [5, 5.41) is 11.4. The summed E-state index contributed by atoms with van der Waals surface area (Å²) in [5.41, 5.74) is 1.08. The number of hydrogen-bond donors (Lipinski definition) is 1. The second-order valence-electron chi connectivity index (χ2n) is 3.44. The molecule has 2 rings (SSSR count). The van der Waals surface area contributed by atoms with Gasteiger partial charge in [0.05, 0.1) is 7.11 Å². The lowest BCUT2D eigenvalue weighted by atomic mass is 10.0. The predicted octanol–water partition coefficient (Wildman–Crippen LogP) is 2.38. The maximum absolute atomic E-state index is 9.04. The van der Waals surface area contributed by atoms with Crippen molar-refractivity contribution in [2.75, 3.05) is 13.7 Å². The van der Waals surface area contributed by atoms with Gasteiger partial charge in [-0.15, -0.1) is 0 Å². The Labute approximate surface area is 89.1 Å². The molecule has 2 aromatic rings. The van der Waals surface area contributed by atoms with Crippen LogP contribution in [0.15, 0.2) is 36.4 Å². The van der Waals surface area contributed by atoms with Crippen molar-refractivity contribution in [3.8, 4) is 5.75 Å². The molecule has 0 aliphatic rings. The van der Waals surface area contributed by atoms with E-state index in [-0.39, 0.29) is 6.61 Å². The Morgan fingerprint density at radius 3 is 2.67 bits per heavy atom. The standard InChI is InChI=1S/C13H14O2/c1-15-13-7-6-10-4-2-3-5-11(10)12(13)8-9-14/h2-7,14H,8-9H2,1H3. The first-order valence-electron chi connectivity index (χ1n) is 5.02. The first kappa shape index (κ1) is 9.99. The Balaban J connectivity index is 2.67. The molecule has 0 aliphatic heterocycles. The van der Waals surface area contributed by atoms with Crippen LogP contribution in [0.5, 0.6) is 5.75 Å². The molecular weight excluding hydrogens is 188 g/mol. The molecule has 15 heavy (non-hydrogen) atoms. The van der Waals surface area contributed by atoms with Crippen LogP contribution < -0.4 is 4.74 Å². The molecule has 1 N–H and O–H groups in total. The monoisotopic (exact) mass is 202 g/mol. The van der Waals surface area contributed by atoms with Gasteiger partial charge in [-0.05, 0) is 23.3 Å². The van der Waals surface area contributed by atoms with Gasteiger partial charge in [0.2, 0.25) is 0 Å². The smallest absolute Gasteiger partial charge is 0.122 e. The highest BCUT2D eigenvalue weighted by Gasteiger charge is 2.06. The Kier molecular flexibility index (Phi) is 2.88. The van der Waals surface area contributed by atoms with Crippen molar-refractivity contribution in [2.45, 2.75) is 6.42 Å². The molecule has 0 heterocycles. The molecule has 0 atom stereocenters. The van der Waals surface area contributed by atoms with Gasteiger partial charge in [0.15, 0.2) is 0 Å². The van der Waals surface area contributed by atoms with Gasteiger partial charge in [-0.3, -0.25) is 0 Å². The Bertz CT molecular complexity index is 463. The first-order valence-corrected chi connectivity index (χ1v) is 5.02. The quantitative estimate of drug-likeness (QED) is 0.828. The molecule has 0 radical (unpaired) electrons. The number of aliphatic hydroxyl groups is 1. The van der Waals surface area contributed by atoms with Crippen molar-refractivity contribution in [3.05, 3.63) is 42.0 Å². The zero-order valence-electron chi connectivity index (χ0n) is 8.73. The normalized spacial score (nSPS) is 10.5. The van der Waals surface area contributed by atoms with Crippen molar-refractivity contribution < 1.29 is 9.84 Å². The summed E-state index contributed by atoms with van der Waals surface area (Å²) < 4.78 is 5.29. The van der Waals surface area contributed by atoms with Crippen LogP contribution in [-0.4, -0.2) is 18.8 Å². The van der Waals surface area contributed by atoms with E-state index in [0.717, 1.165) is 16.7 Å².